The molecule has 1 aliphatic heterocycles. The number of ether oxygens (including phenoxy) is 1. The molecule has 0 saturated carbocycles. The lowest BCUT2D eigenvalue weighted by Crippen LogP contribution is -2.30. The number of benzene rings is 2. The topological polar surface area (TPSA) is 67.3 Å². The first-order valence-electron chi connectivity index (χ1n) is 10.7. The van der Waals surface area contributed by atoms with E-state index in [-0.39, 0.29) is 5.91 Å². The molecule has 1 atom stereocenters. The number of carbonyl (C=O) groups is 1. The van der Waals surface area contributed by atoms with Crippen molar-refractivity contribution in [3.8, 4) is 17.0 Å². The smallest absolute Gasteiger partial charge is 0.265 e. The third-order valence-corrected chi connectivity index (χ3v) is 5.76. The molecule has 3 aromatic rings. The van der Waals surface area contributed by atoms with Gasteiger partial charge in [-0.3, -0.25) is 4.79 Å². The Morgan fingerprint density at radius 2 is 1.74 bits per heavy atom. The number of carbonyl (C=O) groups excluding carboxylic acids is 1. The first-order valence-corrected chi connectivity index (χ1v) is 10.7. The number of hydrogen-bond acceptors (Lipinski definition) is 5. The molecule has 6 nitrogen and oxygen atoms in total. The van der Waals surface area contributed by atoms with Crippen LogP contribution in [0.1, 0.15) is 30.9 Å². The molecule has 0 spiro atoms. The molecule has 0 radical (unpaired) electrons. The number of hydrogen-bond donors (Lipinski definition) is 1. The van der Waals surface area contributed by atoms with Crippen molar-refractivity contribution in [3.05, 3.63) is 65.7 Å². The van der Waals surface area contributed by atoms with Gasteiger partial charge in [0.1, 0.15) is 5.75 Å². The summed E-state index contributed by atoms with van der Waals surface area (Å²) in [6.45, 7) is 7.87. The van der Waals surface area contributed by atoms with Crippen molar-refractivity contribution >= 4 is 17.4 Å². The fraction of sp³-hybridized carbons (Fsp3) is 0.320. The molecule has 1 N–H and O–H groups in total. The molecule has 6 heteroatoms. The second kappa shape index (κ2) is 9.16. The summed E-state index contributed by atoms with van der Waals surface area (Å²) in [5.41, 5.74) is 4.66. The van der Waals surface area contributed by atoms with Crippen LogP contribution in [0.5, 0.6) is 5.75 Å². The minimum absolute atomic E-state index is 0.191. The molecular formula is C25H28N4O2. The molecule has 1 aromatic heterocycles. The summed E-state index contributed by atoms with van der Waals surface area (Å²) in [5.74, 6) is 1.47. The second-order valence-electron chi connectivity index (χ2n) is 8.00. The van der Waals surface area contributed by atoms with Gasteiger partial charge in [-0.2, -0.15) is 0 Å². The number of nitrogens with zero attached hydrogens (tertiary/aromatic N) is 3. The highest BCUT2D eigenvalue weighted by Gasteiger charge is 2.17. The van der Waals surface area contributed by atoms with Crippen molar-refractivity contribution in [3.63, 3.8) is 0 Å². The average molecular weight is 417 g/mol. The van der Waals surface area contributed by atoms with Gasteiger partial charge in [0.2, 0.25) is 0 Å². The minimum atomic E-state index is -0.607. The Labute approximate surface area is 183 Å². The van der Waals surface area contributed by atoms with E-state index in [9.17, 15) is 4.79 Å². The maximum Gasteiger partial charge on any atom is 0.265 e. The summed E-state index contributed by atoms with van der Waals surface area (Å²) in [5, 5.41) is 11.7. The van der Waals surface area contributed by atoms with Gasteiger partial charge in [-0.25, -0.2) is 0 Å². The summed E-state index contributed by atoms with van der Waals surface area (Å²) in [6.07, 6.45) is 1.82. The lowest BCUT2D eigenvalue weighted by atomic mass is 10.1. The summed E-state index contributed by atoms with van der Waals surface area (Å²) in [7, 11) is 0. The third kappa shape index (κ3) is 4.85. The first kappa shape index (κ1) is 20.8. The average Bonchev–Trinajstić information content (AvgIpc) is 3.32. The van der Waals surface area contributed by atoms with Crippen LogP contribution in [0.15, 0.2) is 54.6 Å². The molecule has 0 aliphatic carbocycles. The van der Waals surface area contributed by atoms with Gasteiger partial charge in [-0.1, -0.05) is 24.3 Å². The Balaban J connectivity index is 1.37. The van der Waals surface area contributed by atoms with Gasteiger partial charge < -0.3 is 15.0 Å². The van der Waals surface area contributed by atoms with Gasteiger partial charge in [0.25, 0.3) is 5.91 Å². The van der Waals surface area contributed by atoms with Crippen LogP contribution >= 0.6 is 0 Å². The SMILES string of the molecule is Cc1cccc(OC(C)C(=O)Nc2ccc(-c3ccc(N4CCCC4)nn3)cc2)c1C. The normalized spacial score (nSPS) is 14.4. The van der Waals surface area contributed by atoms with Crippen molar-refractivity contribution < 1.29 is 9.53 Å². The number of aryl methyl sites for hydroxylation is 1. The van der Waals surface area contributed by atoms with E-state index in [0.29, 0.717) is 5.69 Å². The minimum Gasteiger partial charge on any atom is -0.481 e. The van der Waals surface area contributed by atoms with Crippen molar-refractivity contribution in [2.45, 2.75) is 39.7 Å². The Hall–Kier alpha value is -3.41. The second-order valence-corrected chi connectivity index (χ2v) is 8.00. The van der Waals surface area contributed by atoms with Crippen LogP contribution in [0.3, 0.4) is 0 Å². The highest BCUT2D eigenvalue weighted by molar-refractivity contribution is 5.94. The molecule has 1 amide bonds. The molecular weight excluding hydrogens is 388 g/mol. The monoisotopic (exact) mass is 416 g/mol. The summed E-state index contributed by atoms with van der Waals surface area (Å²) in [6, 6.07) is 17.5. The molecule has 4 rings (SSSR count). The van der Waals surface area contributed by atoms with Crippen LogP contribution in [-0.2, 0) is 4.79 Å². The fourth-order valence-electron chi connectivity index (χ4n) is 3.66. The standard InChI is InChI=1S/C25H28N4O2/c1-17-7-6-8-23(18(17)2)31-19(3)25(30)26-21-11-9-20(10-12-21)22-13-14-24(28-27-22)29-15-4-5-16-29/h6-14,19H,4-5,15-16H2,1-3H3,(H,26,30). The van der Waals surface area contributed by atoms with E-state index in [1.165, 1.54) is 12.8 Å². The Kier molecular flexibility index (Phi) is 6.16. The van der Waals surface area contributed by atoms with Crippen LogP contribution in [0.2, 0.25) is 0 Å². The largest absolute Gasteiger partial charge is 0.481 e. The Bertz CT molecular complexity index is 1040. The van der Waals surface area contributed by atoms with E-state index in [2.05, 4.69) is 20.4 Å². The number of nitrogens with one attached hydrogen (secondary N) is 1. The van der Waals surface area contributed by atoms with E-state index in [1.54, 1.807) is 6.92 Å². The van der Waals surface area contributed by atoms with E-state index >= 15 is 0 Å². The molecule has 2 heterocycles. The number of aromatic nitrogens is 2. The molecule has 31 heavy (non-hydrogen) atoms. The van der Waals surface area contributed by atoms with Crippen molar-refractivity contribution in [2.24, 2.45) is 0 Å². The van der Waals surface area contributed by atoms with Crippen molar-refractivity contribution in [1.29, 1.82) is 0 Å². The molecule has 1 fully saturated rings. The summed E-state index contributed by atoms with van der Waals surface area (Å²) < 4.78 is 5.87. The molecule has 1 aliphatic rings. The zero-order chi connectivity index (χ0) is 21.8. The summed E-state index contributed by atoms with van der Waals surface area (Å²) >= 11 is 0. The molecule has 2 aromatic carbocycles. The molecule has 1 unspecified atom stereocenters. The first-order chi connectivity index (χ1) is 15.0. The van der Waals surface area contributed by atoms with E-state index in [4.69, 9.17) is 4.74 Å². The Morgan fingerprint density at radius 1 is 1.00 bits per heavy atom. The Morgan fingerprint density at radius 3 is 2.42 bits per heavy atom. The summed E-state index contributed by atoms with van der Waals surface area (Å²) in [4.78, 5) is 14.8. The van der Waals surface area contributed by atoms with Gasteiger partial charge in [-0.15, -0.1) is 10.2 Å². The molecule has 0 bridgehead atoms. The third-order valence-electron chi connectivity index (χ3n) is 5.76. The van der Waals surface area contributed by atoms with Crippen LogP contribution in [0.4, 0.5) is 11.5 Å². The predicted molar refractivity (Wildman–Crippen MR) is 124 cm³/mol. The zero-order valence-corrected chi connectivity index (χ0v) is 18.3. The van der Waals surface area contributed by atoms with Crippen molar-refractivity contribution in [1.82, 2.24) is 10.2 Å². The highest BCUT2D eigenvalue weighted by Crippen LogP contribution is 2.24. The van der Waals surface area contributed by atoms with E-state index in [0.717, 1.165) is 47.0 Å². The maximum atomic E-state index is 12.6. The van der Waals surface area contributed by atoms with Crippen LogP contribution in [-0.4, -0.2) is 35.3 Å². The predicted octanol–water partition coefficient (Wildman–Crippen LogP) is 4.77. The quantitative estimate of drug-likeness (QED) is 0.627. The number of rotatable bonds is 6. The van der Waals surface area contributed by atoms with Crippen molar-refractivity contribution in [2.75, 3.05) is 23.3 Å². The highest BCUT2D eigenvalue weighted by atomic mass is 16.5. The number of anilines is 2. The van der Waals surface area contributed by atoms with Gasteiger partial charge in [0.15, 0.2) is 11.9 Å². The van der Waals surface area contributed by atoms with Crippen LogP contribution in [0, 0.1) is 13.8 Å². The van der Waals surface area contributed by atoms with Gasteiger partial charge >= 0.3 is 0 Å². The fourth-order valence-corrected chi connectivity index (χ4v) is 3.66. The van der Waals surface area contributed by atoms with Gasteiger partial charge in [0.05, 0.1) is 5.69 Å². The number of amides is 1. The van der Waals surface area contributed by atoms with E-state index < -0.39 is 6.10 Å². The van der Waals surface area contributed by atoms with Crippen LogP contribution < -0.4 is 15.0 Å². The van der Waals surface area contributed by atoms with Gasteiger partial charge in [-0.05, 0) is 75.1 Å². The lowest BCUT2D eigenvalue weighted by Gasteiger charge is -2.17. The maximum absolute atomic E-state index is 12.6. The van der Waals surface area contributed by atoms with Gasteiger partial charge in [0, 0.05) is 24.3 Å². The molecule has 160 valence electrons. The lowest BCUT2D eigenvalue weighted by molar-refractivity contribution is -0.122. The zero-order valence-electron chi connectivity index (χ0n) is 18.3. The van der Waals surface area contributed by atoms with Crippen LogP contribution in [0.25, 0.3) is 11.3 Å². The molecule has 1 saturated heterocycles. The van der Waals surface area contributed by atoms with E-state index in [1.807, 2.05) is 68.4 Å².